The Balaban J connectivity index is 0. The largest absolute Gasteiger partial charge is 0.396 e. The average Bonchev–Trinajstić information content (AvgIpc) is 2.13. The Labute approximate surface area is 98.6 Å². The Morgan fingerprint density at radius 1 is 0.933 bits per heavy atom. The van der Waals surface area contributed by atoms with Crippen LogP contribution in [-0.2, 0) is 9.84 Å². The van der Waals surface area contributed by atoms with Gasteiger partial charge in [0.25, 0.3) is 0 Å². The van der Waals surface area contributed by atoms with Crippen LogP contribution >= 0.6 is 12.4 Å². The first kappa shape index (κ1) is 17.6. The smallest absolute Gasteiger partial charge is 0.150 e. The molecule has 0 radical (unpaired) electrons. The number of hydrogen-bond donors (Lipinski definition) is 2. The van der Waals surface area contributed by atoms with Gasteiger partial charge in [0.1, 0.15) is 9.84 Å². The minimum atomic E-state index is -2.87. The van der Waals surface area contributed by atoms with E-state index < -0.39 is 9.84 Å². The zero-order chi connectivity index (χ0) is 10.9. The van der Waals surface area contributed by atoms with Gasteiger partial charge in [-0.15, -0.1) is 12.4 Å². The quantitative estimate of drug-likeness (QED) is 0.598. The van der Waals surface area contributed by atoms with Crippen LogP contribution in [0, 0.1) is 0 Å². The van der Waals surface area contributed by atoms with Gasteiger partial charge in [-0.05, 0) is 32.2 Å². The maximum atomic E-state index is 11.4. The van der Waals surface area contributed by atoms with E-state index in [-0.39, 0.29) is 30.5 Å². The van der Waals surface area contributed by atoms with Gasteiger partial charge in [-0.2, -0.15) is 0 Å². The fourth-order valence-corrected chi connectivity index (χ4v) is 2.67. The molecule has 0 saturated heterocycles. The van der Waals surface area contributed by atoms with Gasteiger partial charge in [-0.25, -0.2) is 8.42 Å². The van der Waals surface area contributed by atoms with Crippen molar-refractivity contribution in [1.29, 1.82) is 0 Å². The molecule has 0 aromatic rings. The van der Waals surface area contributed by atoms with Crippen LogP contribution < -0.4 is 5.73 Å². The zero-order valence-corrected chi connectivity index (χ0v) is 10.7. The molecule has 0 aliphatic rings. The van der Waals surface area contributed by atoms with Crippen molar-refractivity contribution in [3.8, 4) is 0 Å². The molecule has 15 heavy (non-hydrogen) atoms. The average molecular weight is 260 g/mol. The van der Waals surface area contributed by atoms with Gasteiger partial charge in [0.05, 0.1) is 11.5 Å². The molecule has 0 aliphatic carbocycles. The van der Waals surface area contributed by atoms with Crippen LogP contribution in [0.3, 0.4) is 0 Å². The fourth-order valence-electron chi connectivity index (χ4n) is 1.18. The van der Waals surface area contributed by atoms with E-state index in [1.807, 2.05) is 0 Å². The van der Waals surface area contributed by atoms with E-state index in [4.69, 9.17) is 10.8 Å². The van der Waals surface area contributed by atoms with E-state index in [2.05, 4.69) is 0 Å². The van der Waals surface area contributed by atoms with Crippen LogP contribution in [-0.4, -0.2) is 38.2 Å². The molecule has 0 atom stereocenters. The molecule has 0 saturated carbocycles. The van der Waals surface area contributed by atoms with Crippen molar-refractivity contribution in [3.05, 3.63) is 0 Å². The van der Waals surface area contributed by atoms with Gasteiger partial charge in [0, 0.05) is 6.61 Å². The van der Waals surface area contributed by atoms with Crippen LogP contribution in [0.15, 0.2) is 0 Å². The molecule has 0 unspecified atom stereocenters. The summed E-state index contributed by atoms with van der Waals surface area (Å²) < 4.78 is 22.7. The maximum absolute atomic E-state index is 11.4. The molecule has 0 fully saturated rings. The molecular weight excluding hydrogens is 238 g/mol. The number of aliphatic hydroxyl groups excluding tert-OH is 1. The molecule has 0 aromatic heterocycles. The highest BCUT2D eigenvalue weighted by molar-refractivity contribution is 7.91. The van der Waals surface area contributed by atoms with E-state index >= 15 is 0 Å². The Morgan fingerprint density at radius 3 is 1.93 bits per heavy atom. The number of sulfone groups is 1. The summed E-state index contributed by atoms with van der Waals surface area (Å²) in [4.78, 5) is 0. The van der Waals surface area contributed by atoms with Crippen LogP contribution in [0.2, 0.25) is 0 Å². The zero-order valence-electron chi connectivity index (χ0n) is 9.02. The first-order chi connectivity index (χ1) is 6.62. The van der Waals surface area contributed by atoms with Crippen molar-refractivity contribution >= 4 is 22.2 Å². The number of nitrogens with two attached hydrogens (primary N) is 1. The summed E-state index contributed by atoms with van der Waals surface area (Å²) >= 11 is 0. The summed E-state index contributed by atoms with van der Waals surface area (Å²) in [5, 5.41) is 8.51. The number of halogens is 1. The molecule has 0 amide bonds. The van der Waals surface area contributed by atoms with Crippen LogP contribution in [0.4, 0.5) is 0 Å². The highest BCUT2D eigenvalue weighted by Crippen LogP contribution is 2.02. The third-order valence-corrected chi connectivity index (χ3v) is 3.84. The second kappa shape index (κ2) is 10.7. The molecule has 0 aromatic carbocycles. The van der Waals surface area contributed by atoms with Crippen molar-refractivity contribution in [2.24, 2.45) is 5.73 Å². The molecule has 0 heterocycles. The summed E-state index contributed by atoms with van der Waals surface area (Å²) in [5.41, 5.74) is 5.27. The summed E-state index contributed by atoms with van der Waals surface area (Å²) in [6, 6.07) is 0. The predicted octanol–water partition coefficient (Wildman–Crippen LogP) is 0.724. The van der Waals surface area contributed by atoms with E-state index in [0.717, 1.165) is 12.8 Å². The number of unbranched alkanes of at least 4 members (excludes halogenated alkanes) is 3. The first-order valence-electron chi connectivity index (χ1n) is 5.14. The van der Waals surface area contributed by atoms with Crippen molar-refractivity contribution in [2.45, 2.75) is 32.1 Å². The Morgan fingerprint density at radius 2 is 1.47 bits per heavy atom. The normalized spacial score (nSPS) is 11.1. The lowest BCUT2D eigenvalue weighted by Crippen LogP contribution is -2.12. The van der Waals surface area contributed by atoms with Crippen molar-refractivity contribution < 1.29 is 13.5 Å². The molecule has 0 spiro atoms. The lowest BCUT2D eigenvalue weighted by molar-refractivity contribution is 0.284. The summed E-state index contributed by atoms with van der Waals surface area (Å²) in [6.07, 6.45) is 3.57. The molecule has 0 rings (SSSR count). The second-order valence-electron chi connectivity index (χ2n) is 3.43. The van der Waals surface area contributed by atoms with E-state index in [9.17, 15) is 8.42 Å². The van der Waals surface area contributed by atoms with Gasteiger partial charge < -0.3 is 10.8 Å². The summed E-state index contributed by atoms with van der Waals surface area (Å²) in [6.45, 7) is 0.702. The van der Waals surface area contributed by atoms with Gasteiger partial charge in [0.15, 0.2) is 0 Å². The molecule has 6 heteroatoms. The Bertz CT molecular complexity index is 219. The third kappa shape index (κ3) is 12.1. The molecule has 0 aliphatic heterocycles. The standard InChI is InChI=1S/C9H21NO3S.ClH/c10-6-2-5-9-14(12,13)8-4-1-3-7-11;/h11H,1-10H2;1H. The van der Waals surface area contributed by atoms with Crippen molar-refractivity contribution in [2.75, 3.05) is 24.7 Å². The van der Waals surface area contributed by atoms with Crippen LogP contribution in [0.5, 0.6) is 0 Å². The van der Waals surface area contributed by atoms with Gasteiger partial charge >= 0.3 is 0 Å². The summed E-state index contributed by atoms with van der Waals surface area (Å²) in [5.74, 6) is 0.501. The van der Waals surface area contributed by atoms with Crippen molar-refractivity contribution in [1.82, 2.24) is 0 Å². The predicted molar refractivity (Wildman–Crippen MR) is 65.1 cm³/mol. The maximum Gasteiger partial charge on any atom is 0.150 e. The van der Waals surface area contributed by atoms with Gasteiger partial charge in [-0.1, -0.05) is 6.42 Å². The summed E-state index contributed by atoms with van der Waals surface area (Å²) in [7, 11) is -2.87. The van der Waals surface area contributed by atoms with Crippen LogP contribution in [0.25, 0.3) is 0 Å². The molecule has 3 N–H and O–H groups in total. The molecular formula is C9H22ClNO3S. The topological polar surface area (TPSA) is 80.4 Å². The third-order valence-electron chi connectivity index (χ3n) is 2.02. The van der Waals surface area contributed by atoms with Crippen LogP contribution in [0.1, 0.15) is 32.1 Å². The van der Waals surface area contributed by atoms with E-state index in [1.54, 1.807) is 0 Å². The molecule has 0 bridgehead atoms. The van der Waals surface area contributed by atoms with E-state index in [0.29, 0.717) is 25.8 Å². The highest BCUT2D eigenvalue weighted by atomic mass is 35.5. The van der Waals surface area contributed by atoms with Gasteiger partial charge in [-0.3, -0.25) is 0 Å². The minimum absolute atomic E-state index is 0. The SMILES string of the molecule is Cl.NCCCCS(=O)(=O)CCCCCO. The Kier molecular flexibility index (Phi) is 12.5. The van der Waals surface area contributed by atoms with E-state index in [1.165, 1.54) is 0 Å². The lowest BCUT2D eigenvalue weighted by Gasteiger charge is -2.03. The minimum Gasteiger partial charge on any atom is -0.396 e. The van der Waals surface area contributed by atoms with Crippen molar-refractivity contribution in [3.63, 3.8) is 0 Å². The second-order valence-corrected chi connectivity index (χ2v) is 5.74. The van der Waals surface area contributed by atoms with Gasteiger partial charge in [0.2, 0.25) is 0 Å². The monoisotopic (exact) mass is 259 g/mol. The fraction of sp³-hybridized carbons (Fsp3) is 1.00. The number of hydrogen-bond acceptors (Lipinski definition) is 4. The molecule has 94 valence electrons. The highest BCUT2D eigenvalue weighted by Gasteiger charge is 2.09. The first-order valence-corrected chi connectivity index (χ1v) is 6.96. The Hall–Kier alpha value is 0.160. The lowest BCUT2D eigenvalue weighted by atomic mass is 10.3. The number of aliphatic hydroxyl groups is 1. The molecule has 4 nitrogen and oxygen atoms in total. The number of rotatable bonds is 9.